The van der Waals surface area contributed by atoms with Crippen molar-refractivity contribution in [2.45, 2.75) is 5.41 Å². The van der Waals surface area contributed by atoms with Crippen LogP contribution in [0.2, 0.25) is 0 Å². The fraction of sp³-hybridized carbons (Fsp3) is 0.0217. The molecule has 0 saturated heterocycles. The molecule has 4 nitrogen and oxygen atoms in total. The molecule has 4 heteroatoms. The molecule has 0 bridgehead atoms. The van der Waals surface area contributed by atoms with Crippen LogP contribution in [0.25, 0.3) is 67.2 Å². The molecule has 0 saturated carbocycles. The van der Waals surface area contributed by atoms with Gasteiger partial charge in [0.05, 0.1) is 5.41 Å². The van der Waals surface area contributed by atoms with E-state index in [1.165, 1.54) is 27.8 Å². The number of furan rings is 1. The SMILES string of the molecule is c1ccc(-c2nc(-c3ccccc3)nc(-c3cccc4oc5c(C6(c7ccccc7)c7ccccc7-c7ccccc76)cccc5c34)n2)cc1. The van der Waals surface area contributed by atoms with Crippen LogP contribution >= 0.6 is 0 Å². The Morgan fingerprint density at radius 2 is 0.860 bits per heavy atom. The molecule has 2 aromatic heterocycles. The van der Waals surface area contributed by atoms with Gasteiger partial charge in [-0.2, -0.15) is 0 Å². The summed E-state index contributed by atoms with van der Waals surface area (Å²) in [7, 11) is 0. The Balaban J connectivity index is 1.27. The number of rotatable bonds is 5. The monoisotopic (exact) mass is 639 g/mol. The number of para-hydroxylation sites is 1. The van der Waals surface area contributed by atoms with Crippen molar-refractivity contribution in [2.75, 3.05) is 0 Å². The summed E-state index contributed by atoms with van der Waals surface area (Å²) in [5, 5.41) is 2.00. The Labute approximate surface area is 289 Å². The first-order chi connectivity index (χ1) is 24.8. The molecular weight excluding hydrogens is 611 g/mol. The van der Waals surface area contributed by atoms with E-state index in [-0.39, 0.29) is 0 Å². The molecule has 7 aromatic carbocycles. The third-order valence-corrected chi connectivity index (χ3v) is 10.0. The molecule has 0 atom stereocenters. The van der Waals surface area contributed by atoms with Gasteiger partial charge in [-0.3, -0.25) is 0 Å². The van der Waals surface area contributed by atoms with Gasteiger partial charge < -0.3 is 4.42 Å². The molecule has 50 heavy (non-hydrogen) atoms. The van der Waals surface area contributed by atoms with Crippen LogP contribution in [-0.4, -0.2) is 15.0 Å². The number of hydrogen-bond donors (Lipinski definition) is 0. The van der Waals surface area contributed by atoms with E-state index < -0.39 is 5.41 Å². The van der Waals surface area contributed by atoms with Gasteiger partial charge in [0, 0.05) is 33.0 Å². The van der Waals surface area contributed by atoms with E-state index in [4.69, 9.17) is 19.4 Å². The first-order valence-corrected chi connectivity index (χ1v) is 16.9. The maximum atomic E-state index is 6.99. The van der Waals surface area contributed by atoms with E-state index in [1.807, 2.05) is 72.8 Å². The highest BCUT2D eigenvalue weighted by atomic mass is 16.3. The van der Waals surface area contributed by atoms with Crippen LogP contribution in [-0.2, 0) is 5.41 Å². The lowest BCUT2D eigenvalue weighted by atomic mass is 9.67. The normalized spacial score (nSPS) is 13.0. The average Bonchev–Trinajstić information content (AvgIpc) is 3.73. The van der Waals surface area contributed by atoms with Gasteiger partial charge >= 0.3 is 0 Å². The zero-order chi connectivity index (χ0) is 33.1. The van der Waals surface area contributed by atoms with Crippen LogP contribution < -0.4 is 0 Å². The third-order valence-electron chi connectivity index (χ3n) is 10.0. The Hall–Kier alpha value is -6.65. The zero-order valence-corrected chi connectivity index (χ0v) is 27.0. The molecule has 2 heterocycles. The molecule has 0 amide bonds. The molecule has 1 aliphatic rings. The minimum absolute atomic E-state index is 0.587. The minimum Gasteiger partial charge on any atom is -0.456 e. The first-order valence-electron chi connectivity index (χ1n) is 16.9. The van der Waals surface area contributed by atoms with Gasteiger partial charge in [0.25, 0.3) is 0 Å². The number of benzene rings is 7. The van der Waals surface area contributed by atoms with Gasteiger partial charge in [-0.05, 0) is 33.9 Å². The van der Waals surface area contributed by atoms with Crippen LogP contribution in [0, 0.1) is 0 Å². The van der Waals surface area contributed by atoms with E-state index >= 15 is 0 Å². The van der Waals surface area contributed by atoms with Crippen LogP contribution in [0.3, 0.4) is 0 Å². The topological polar surface area (TPSA) is 51.8 Å². The molecule has 0 N–H and O–H groups in total. The molecule has 0 spiro atoms. The molecule has 1 aliphatic carbocycles. The number of nitrogens with zero attached hydrogens (tertiary/aromatic N) is 3. The summed E-state index contributed by atoms with van der Waals surface area (Å²) in [5.41, 5.74) is 11.1. The second kappa shape index (κ2) is 11.2. The minimum atomic E-state index is -0.587. The second-order valence-electron chi connectivity index (χ2n) is 12.7. The van der Waals surface area contributed by atoms with E-state index in [1.54, 1.807) is 0 Å². The zero-order valence-electron chi connectivity index (χ0n) is 27.0. The quantitative estimate of drug-likeness (QED) is 0.188. The lowest BCUT2D eigenvalue weighted by Crippen LogP contribution is -2.28. The van der Waals surface area contributed by atoms with Crippen LogP contribution in [0.1, 0.15) is 22.3 Å². The highest BCUT2D eigenvalue weighted by Crippen LogP contribution is 2.57. The van der Waals surface area contributed by atoms with Crippen molar-refractivity contribution in [2.24, 2.45) is 0 Å². The van der Waals surface area contributed by atoms with Crippen LogP contribution in [0.5, 0.6) is 0 Å². The van der Waals surface area contributed by atoms with Gasteiger partial charge in [-0.25, -0.2) is 15.0 Å². The smallest absolute Gasteiger partial charge is 0.164 e. The van der Waals surface area contributed by atoms with Gasteiger partial charge in [-0.1, -0.05) is 170 Å². The largest absolute Gasteiger partial charge is 0.456 e. The van der Waals surface area contributed by atoms with Gasteiger partial charge in [0.1, 0.15) is 11.2 Å². The van der Waals surface area contributed by atoms with Crippen molar-refractivity contribution < 1.29 is 4.42 Å². The van der Waals surface area contributed by atoms with Crippen LogP contribution in [0.15, 0.2) is 180 Å². The molecule has 9 aromatic rings. The molecule has 0 fully saturated rings. The summed E-state index contributed by atoms with van der Waals surface area (Å²) in [5.74, 6) is 1.86. The average molecular weight is 640 g/mol. The lowest BCUT2D eigenvalue weighted by Gasteiger charge is -2.33. The predicted molar refractivity (Wildman–Crippen MR) is 201 cm³/mol. The lowest BCUT2D eigenvalue weighted by molar-refractivity contribution is 0.648. The second-order valence-corrected chi connectivity index (χ2v) is 12.7. The Kier molecular flexibility index (Phi) is 6.36. The van der Waals surface area contributed by atoms with Crippen molar-refractivity contribution in [3.05, 3.63) is 198 Å². The predicted octanol–water partition coefficient (Wildman–Crippen LogP) is 11.1. The Bertz CT molecular complexity index is 2600. The standard InChI is InChI=1S/C46H29N3O/c1-4-16-30(17-5-1)43-47-44(31-18-6-2-7-19-31)49-45(48-43)36-25-15-29-40-41(36)35-24-14-28-39(42(35)50-40)46(32-20-8-3-9-21-32)37-26-12-10-22-33(37)34-23-11-13-27-38(34)46/h1-29H. The van der Waals surface area contributed by atoms with Crippen molar-refractivity contribution in [1.82, 2.24) is 15.0 Å². The molecule has 0 radical (unpaired) electrons. The van der Waals surface area contributed by atoms with Gasteiger partial charge in [0.2, 0.25) is 0 Å². The molecule has 10 rings (SSSR count). The third kappa shape index (κ3) is 4.15. The van der Waals surface area contributed by atoms with E-state index in [0.29, 0.717) is 17.5 Å². The summed E-state index contributed by atoms with van der Waals surface area (Å²) < 4.78 is 6.99. The Morgan fingerprint density at radius 3 is 1.48 bits per heavy atom. The van der Waals surface area contributed by atoms with Crippen molar-refractivity contribution >= 4 is 21.9 Å². The van der Waals surface area contributed by atoms with E-state index in [9.17, 15) is 0 Å². The number of fused-ring (bicyclic) bond motifs is 6. The van der Waals surface area contributed by atoms with Crippen LogP contribution in [0.4, 0.5) is 0 Å². The van der Waals surface area contributed by atoms with E-state index in [0.717, 1.165) is 44.2 Å². The summed E-state index contributed by atoms with van der Waals surface area (Å²) in [6.07, 6.45) is 0. The maximum Gasteiger partial charge on any atom is 0.164 e. The Morgan fingerprint density at radius 1 is 0.380 bits per heavy atom. The van der Waals surface area contributed by atoms with Gasteiger partial charge in [0.15, 0.2) is 17.5 Å². The molecule has 0 unspecified atom stereocenters. The fourth-order valence-electron chi connectivity index (χ4n) is 7.94. The van der Waals surface area contributed by atoms with Gasteiger partial charge in [-0.15, -0.1) is 0 Å². The number of hydrogen-bond acceptors (Lipinski definition) is 4. The molecule has 234 valence electrons. The number of aromatic nitrogens is 3. The highest BCUT2D eigenvalue weighted by Gasteiger charge is 2.47. The highest BCUT2D eigenvalue weighted by molar-refractivity contribution is 6.13. The van der Waals surface area contributed by atoms with Crippen molar-refractivity contribution in [3.8, 4) is 45.3 Å². The van der Waals surface area contributed by atoms with E-state index in [2.05, 4.69) is 103 Å². The summed E-state index contributed by atoms with van der Waals surface area (Å²) in [4.78, 5) is 15.1. The first kappa shape index (κ1) is 28.4. The fourth-order valence-corrected chi connectivity index (χ4v) is 7.94. The summed E-state index contributed by atoms with van der Waals surface area (Å²) >= 11 is 0. The summed E-state index contributed by atoms with van der Waals surface area (Å²) in [6, 6.07) is 61.3. The summed E-state index contributed by atoms with van der Waals surface area (Å²) in [6.45, 7) is 0. The van der Waals surface area contributed by atoms with Crippen molar-refractivity contribution in [3.63, 3.8) is 0 Å². The maximum absolute atomic E-state index is 6.99. The molecular formula is C46H29N3O. The molecule has 0 aliphatic heterocycles. The van der Waals surface area contributed by atoms with Crippen molar-refractivity contribution in [1.29, 1.82) is 0 Å².